The number of nitrogens with one attached hydrogen (secondary N) is 2. The molecule has 2 amide bonds. The lowest BCUT2D eigenvalue weighted by atomic mass is 9.78. The normalized spacial score (nSPS) is 23.7. The molecule has 0 aromatic rings. The predicted octanol–water partition coefficient (Wildman–Crippen LogP) is 3.05. The molecular weight excluding hydrogens is 252 g/mol. The number of urea groups is 1. The number of hydrogen-bond donors (Lipinski definition) is 3. The fraction of sp³-hybridized carbons (Fsp3) is 0.938. The van der Waals surface area contributed by atoms with Crippen molar-refractivity contribution in [3.05, 3.63) is 0 Å². The third-order valence-electron chi connectivity index (χ3n) is 4.89. The summed E-state index contributed by atoms with van der Waals surface area (Å²) >= 11 is 0. The van der Waals surface area contributed by atoms with Crippen LogP contribution < -0.4 is 10.6 Å². The summed E-state index contributed by atoms with van der Waals surface area (Å²) in [6, 6.07) is 0.142. The number of carbonyl (C=O) groups is 1. The highest BCUT2D eigenvalue weighted by Gasteiger charge is 2.29. The highest BCUT2D eigenvalue weighted by molar-refractivity contribution is 5.74. The first kappa shape index (κ1) is 17.3. The maximum absolute atomic E-state index is 12.0. The first-order chi connectivity index (χ1) is 9.41. The Morgan fingerprint density at radius 3 is 2.40 bits per heavy atom. The average molecular weight is 284 g/mol. The van der Waals surface area contributed by atoms with Gasteiger partial charge in [0.1, 0.15) is 0 Å². The minimum Gasteiger partial charge on any atom is -0.388 e. The van der Waals surface area contributed by atoms with E-state index in [9.17, 15) is 9.90 Å². The Labute approximate surface area is 123 Å². The zero-order valence-electron chi connectivity index (χ0n) is 13.5. The number of rotatable bonds is 6. The van der Waals surface area contributed by atoms with Crippen LogP contribution in [0.2, 0.25) is 0 Å². The van der Waals surface area contributed by atoms with Crippen LogP contribution in [-0.2, 0) is 0 Å². The Balaban J connectivity index is 2.44. The lowest BCUT2D eigenvalue weighted by Crippen LogP contribution is -2.51. The van der Waals surface area contributed by atoms with E-state index in [2.05, 4.69) is 24.5 Å². The lowest BCUT2D eigenvalue weighted by Gasteiger charge is -2.35. The molecule has 4 nitrogen and oxygen atoms in total. The molecule has 3 N–H and O–H groups in total. The Morgan fingerprint density at radius 2 is 1.85 bits per heavy atom. The summed E-state index contributed by atoms with van der Waals surface area (Å²) in [6.45, 7) is 8.67. The van der Waals surface area contributed by atoms with Crippen LogP contribution in [0.4, 0.5) is 4.79 Å². The molecular formula is C16H32N2O2. The summed E-state index contributed by atoms with van der Waals surface area (Å²) in [5, 5.41) is 16.1. The molecule has 1 fully saturated rings. The Morgan fingerprint density at radius 1 is 1.25 bits per heavy atom. The van der Waals surface area contributed by atoms with Gasteiger partial charge in [0.15, 0.2) is 0 Å². The van der Waals surface area contributed by atoms with Crippen LogP contribution in [0.5, 0.6) is 0 Å². The minimum atomic E-state index is -0.776. The van der Waals surface area contributed by atoms with Crippen molar-refractivity contribution in [2.45, 2.75) is 77.9 Å². The molecule has 0 aromatic carbocycles. The van der Waals surface area contributed by atoms with Crippen LogP contribution in [0.1, 0.15) is 66.2 Å². The zero-order valence-corrected chi connectivity index (χ0v) is 13.5. The molecule has 4 heteroatoms. The summed E-state index contributed by atoms with van der Waals surface area (Å²) < 4.78 is 0. The lowest BCUT2D eigenvalue weighted by molar-refractivity contribution is 0.0346. The molecule has 0 aromatic heterocycles. The Kier molecular flexibility index (Phi) is 6.80. The second kappa shape index (κ2) is 7.87. The SMILES string of the molecule is CCC(O)(CC)CNC(=O)NC1CCCCC1C(C)C. The maximum Gasteiger partial charge on any atom is 0.315 e. The number of aliphatic hydroxyl groups is 1. The van der Waals surface area contributed by atoms with Gasteiger partial charge in [-0.15, -0.1) is 0 Å². The van der Waals surface area contributed by atoms with Crippen molar-refractivity contribution in [3.8, 4) is 0 Å². The molecule has 0 spiro atoms. The fourth-order valence-corrected chi connectivity index (χ4v) is 3.10. The molecule has 1 aliphatic rings. The second-order valence-electron chi connectivity index (χ2n) is 6.56. The molecule has 0 radical (unpaired) electrons. The first-order valence-corrected chi connectivity index (χ1v) is 8.18. The summed E-state index contributed by atoms with van der Waals surface area (Å²) in [4.78, 5) is 12.0. The second-order valence-corrected chi connectivity index (χ2v) is 6.56. The van der Waals surface area contributed by atoms with Crippen molar-refractivity contribution in [2.24, 2.45) is 11.8 Å². The average Bonchev–Trinajstić information content (AvgIpc) is 2.45. The number of hydrogen-bond acceptors (Lipinski definition) is 2. The summed E-state index contributed by atoms with van der Waals surface area (Å²) in [6.07, 6.45) is 6.05. The van der Waals surface area contributed by atoms with Gasteiger partial charge in [0, 0.05) is 12.6 Å². The van der Waals surface area contributed by atoms with E-state index in [-0.39, 0.29) is 12.1 Å². The molecule has 0 bridgehead atoms. The first-order valence-electron chi connectivity index (χ1n) is 8.18. The van der Waals surface area contributed by atoms with Gasteiger partial charge in [-0.05, 0) is 37.5 Å². The van der Waals surface area contributed by atoms with Gasteiger partial charge in [-0.2, -0.15) is 0 Å². The van der Waals surface area contributed by atoms with Gasteiger partial charge in [-0.25, -0.2) is 4.79 Å². The number of carbonyl (C=O) groups excluding carboxylic acids is 1. The third kappa shape index (κ3) is 4.97. The van der Waals surface area contributed by atoms with Gasteiger partial charge in [0.2, 0.25) is 0 Å². The van der Waals surface area contributed by atoms with Crippen molar-refractivity contribution in [1.82, 2.24) is 10.6 Å². The highest BCUT2D eigenvalue weighted by atomic mass is 16.3. The maximum atomic E-state index is 12.0. The van der Waals surface area contributed by atoms with Gasteiger partial charge >= 0.3 is 6.03 Å². The molecule has 0 saturated heterocycles. The van der Waals surface area contributed by atoms with Crippen LogP contribution in [-0.4, -0.2) is 29.3 Å². The monoisotopic (exact) mass is 284 g/mol. The van der Waals surface area contributed by atoms with Crippen molar-refractivity contribution < 1.29 is 9.90 Å². The van der Waals surface area contributed by atoms with E-state index in [0.717, 1.165) is 6.42 Å². The van der Waals surface area contributed by atoms with E-state index in [1.807, 2.05) is 13.8 Å². The number of amides is 2. The minimum absolute atomic E-state index is 0.136. The summed E-state index contributed by atoms with van der Waals surface area (Å²) in [7, 11) is 0. The largest absolute Gasteiger partial charge is 0.388 e. The van der Waals surface area contributed by atoms with Crippen molar-refractivity contribution in [2.75, 3.05) is 6.54 Å². The van der Waals surface area contributed by atoms with Crippen molar-refractivity contribution in [3.63, 3.8) is 0 Å². The van der Waals surface area contributed by atoms with E-state index < -0.39 is 5.60 Å². The van der Waals surface area contributed by atoms with Gasteiger partial charge < -0.3 is 15.7 Å². The zero-order chi connectivity index (χ0) is 15.2. The molecule has 1 aliphatic carbocycles. The fourth-order valence-electron chi connectivity index (χ4n) is 3.10. The van der Waals surface area contributed by atoms with E-state index in [4.69, 9.17) is 0 Å². The van der Waals surface area contributed by atoms with Crippen LogP contribution >= 0.6 is 0 Å². The van der Waals surface area contributed by atoms with Crippen LogP contribution in [0, 0.1) is 11.8 Å². The Hall–Kier alpha value is -0.770. The highest BCUT2D eigenvalue weighted by Crippen LogP contribution is 2.30. The quantitative estimate of drug-likeness (QED) is 0.702. The molecule has 2 atom stereocenters. The molecule has 2 unspecified atom stereocenters. The van der Waals surface area contributed by atoms with E-state index >= 15 is 0 Å². The molecule has 0 heterocycles. The van der Waals surface area contributed by atoms with Crippen molar-refractivity contribution in [1.29, 1.82) is 0 Å². The van der Waals surface area contributed by atoms with E-state index in [1.165, 1.54) is 19.3 Å². The molecule has 118 valence electrons. The smallest absolute Gasteiger partial charge is 0.315 e. The van der Waals surface area contributed by atoms with Gasteiger partial charge in [0.25, 0.3) is 0 Å². The van der Waals surface area contributed by atoms with Gasteiger partial charge in [-0.3, -0.25) is 0 Å². The molecule has 1 rings (SSSR count). The van der Waals surface area contributed by atoms with Crippen molar-refractivity contribution >= 4 is 6.03 Å². The van der Waals surface area contributed by atoms with E-state index in [1.54, 1.807) is 0 Å². The Bertz CT molecular complexity index is 301. The topological polar surface area (TPSA) is 61.4 Å². The van der Waals surface area contributed by atoms with Gasteiger partial charge in [-0.1, -0.05) is 40.5 Å². The van der Waals surface area contributed by atoms with Gasteiger partial charge in [0.05, 0.1) is 5.60 Å². The molecule has 20 heavy (non-hydrogen) atoms. The van der Waals surface area contributed by atoms with Crippen LogP contribution in [0.15, 0.2) is 0 Å². The predicted molar refractivity (Wildman–Crippen MR) is 82.7 cm³/mol. The third-order valence-corrected chi connectivity index (χ3v) is 4.89. The molecule has 1 saturated carbocycles. The van der Waals surface area contributed by atoms with Crippen LogP contribution in [0.3, 0.4) is 0 Å². The summed E-state index contributed by atoms with van der Waals surface area (Å²) in [5.41, 5.74) is -0.776. The van der Waals surface area contributed by atoms with Crippen LogP contribution in [0.25, 0.3) is 0 Å². The molecule has 0 aliphatic heterocycles. The van der Waals surface area contributed by atoms with E-state index in [0.29, 0.717) is 31.2 Å². The summed E-state index contributed by atoms with van der Waals surface area (Å²) in [5.74, 6) is 1.18. The standard InChI is InChI=1S/C16H32N2O2/c1-5-16(20,6-2)11-17-15(19)18-14-10-8-7-9-13(14)12(3)4/h12-14,20H,5-11H2,1-4H3,(H2,17,18,19).